The Morgan fingerprint density at radius 1 is 1.15 bits per heavy atom. The fraction of sp³-hybridized carbons (Fsp3) is 0.200. The summed E-state index contributed by atoms with van der Waals surface area (Å²) in [5, 5.41) is 3.06. The van der Waals surface area contributed by atoms with Crippen molar-refractivity contribution >= 4 is 27.4 Å². The highest BCUT2D eigenvalue weighted by atomic mass is 32.1. The summed E-state index contributed by atoms with van der Waals surface area (Å²) in [5.41, 5.74) is 1.05. The van der Waals surface area contributed by atoms with Gasteiger partial charge in [-0.3, -0.25) is 0 Å². The molecule has 2 heterocycles. The summed E-state index contributed by atoms with van der Waals surface area (Å²) in [6.45, 7) is 2.08. The van der Waals surface area contributed by atoms with Crippen molar-refractivity contribution in [3.8, 4) is 0 Å². The molecule has 3 aromatic rings. The third kappa shape index (κ3) is 2.25. The third-order valence-electron chi connectivity index (χ3n) is 3.51. The smallest absolute Gasteiger partial charge is 0.141 e. The highest BCUT2D eigenvalue weighted by Gasteiger charge is 2.16. The minimum absolute atomic E-state index is 0.105. The number of aromatic nitrogens is 2. The van der Waals surface area contributed by atoms with Crippen molar-refractivity contribution < 1.29 is 4.39 Å². The van der Waals surface area contributed by atoms with Crippen molar-refractivity contribution in [2.75, 3.05) is 11.9 Å². The topological polar surface area (TPSA) is 29.0 Å². The lowest BCUT2D eigenvalue weighted by molar-refractivity contribution is 0.625. The minimum atomic E-state index is -0.217. The summed E-state index contributed by atoms with van der Waals surface area (Å²) in [5.74, 6) is 0.680. The van der Waals surface area contributed by atoms with Gasteiger partial charge in [-0.1, -0.05) is 12.1 Å². The van der Waals surface area contributed by atoms with Gasteiger partial charge in [0.1, 0.15) is 22.8 Å². The quantitative estimate of drug-likeness (QED) is 0.728. The zero-order valence-corrected chi connectivity index (χ0v) is 12.1. The Labute approximate surface area is 120 Å². The van der Waals surface area contributed by atoms with Crippen LogP contribution in [0, 0.1) is 5.82 Å². The molecule has 0 saturated carbocycles. The van der Waals surface area contributed by atoms with Gasteiger partial charge in [-0.2, -0.15) is 0 Å². The largest absolute Gasteiger partial charge is 0.352 e. The number of halogens is 1. The van der Waals surface area contributed by atoms with Crippen LogP contribution in [0.2, 0.25) is 0 Å². The first-order valence-electron chi connectivity index (χ1n) is 6.33. The molecular weight excluding hydrogens is 273 g/mol. The van der Waals surface area contributed by atoms with Crippen molar-refractivity contribution in [2.24, 2.45) is 0 Å². The standard InChI is InChI=1S/C15H14FN3S/c1-10(11-3-5-12(16)6-4-11)19(2)14-13-7-8-20-15(13)18-9-17-14/h3-10H,1-2H3. The van der Waals surface area contributed by atoms with Crippen LogP contribution in [0.4, 0.5) is 10.2 Å². The summed E-state index contributed by atoms with van der Waals surface area (Å²) in [6.07, 6.45) is 1.59. The Kier molecular flexibility index (Phi) is 3.36. The van der Waals surface area contributed by atoms with Crippen LogP contribution in [0.5, 0.6) is 0 Å². The summed E-state index contributed by atoms with van der Waals surface area (Å²) in [6, 6.07) is 8.72. The average molecular weight is 287 g/mol. The van der Waals surface area contributed by atoms with Gasteiger partial charge < -0.3 is 4.90 Å². The summed E-state index contributed by atoms with van der Waals surface area (Å²) in [7, 11) is 1.99. The molecule has 2 aromatic heterocycles. The van der Waals surface area contributed by atoms with Crippen LogP contribution in [0.1, 0.15) is 18.5 Å². The van der Waals surface area contributed by atoms with Gasteiger partial charge in [-0.15, -0.1) is 11.3 Å². The molecular formula is C15H14FN3S. The van der Waals surface area contributed by atoms with Gasteiger partial charge in [0.25, 0.3) is 0 Å². The van der Waals surface area contributed by atoms with Crippen molar-refractivity contribution in [1.82, 2.24) is 9.97 Å². The van der Waals surface area contributed by atoms with E-state index in [2.05, 4.69) is 21.8 Å². The second kappa shape index (κ2) is 5.17. The number of fused-ring (bicyclic) bond motifs is 1. The molecule has 1 atom stereocenters. The SMILES string of the molecule is CC(c1ccc(F)cc1)N(C)c1ncnc2sccc12. The van der Waals surface area contributed by atoms with E-state index in [1.54, 1.807) is 17.7 Å². The Hall–Kier alpha value is -2.01. The van der Waals surface area contributed by atoms with Gasteiger partial charge in [0.2, 0.25) is 0 Å². The molecule has 0 saturated heterocycles. The number of benzene rings is 1. The number of hydrogen-bond donors (Lipinski definition) is 0. The normalized spacial score (nSPS) is 12.6. The predicted molar refractivity (Wildman–Crippen MR) is 80.6 cm³/mol. The lowest BCUT2D eigenvalue weighted by Crippen LogP contribution is -2.22. The van der Waals surface area contributed by atoms with Crippen LogP contribution in [-0.4, -0.2) is 17.0 Å². The van der Waals surface area contributed by atoms with Crippen molar-refractivity contribution in [1.29, 1.82) is 0 Å². The Morgan fingerprint density at radius 3 is 2.65 bits per heavy atom. The van der Waals surface area contributed by atoms with Crippen LogP contribution < -0.4 is 4.90 Å². The average Bonchev–Trinajstić information content (AvgIpc) is 2.95. The predicted octanol–water partition coefficient (Wildman–Crippen LogP) is 4.03. The second-order valence-corrected chi connectivity index (χ2v) is 5.57. The first kappa shape index (κ1) is 13.0. The molecule has 1 aromatic carbocycles. The van der Waals surface area contributed by atoms with Gasteiger partial charge >= 0.3 is 0 Å². The summed E-state index contributed by atoms with van der Waals surface area (Å²) >= 11 is 1.60. The zero-order chi connectivity index (χ0) is 14.1. The molecule has 5 heteroatoms. The maximum absolute atomic E-state index is 13.0. The lowest BCUT2D eigenvalue weighted by Gasteiger charge is -2.26. The van der Waals surface area contributed by atoms with Gasteiger partial charge in [0.15, 0.2) is 0 Å². The molecule has 0 aliphatic heterocycles. The number of hydrogen-bond acceptors (Lipinski definition) is 4. The van der Waals surface area contributed by atoms with E-state index in [0.717, 1.165) is 21.6 Å². The fourth-order valence-corrected chi connectivity index (χ4v) is 2.93. The molecule has 0 fully saturated rings. The number of rotatable bonds is 3. The Morgan fingerprint density at radius 2 is 1.90 bits per heavy atom. The fourth-order valence-electron chi connectivity index (χ4n) is 2.21. The van der Waals surface area contributed by atoms with Gasteiger partial charge in [0, 0.05) is 7.05 Å². The number of anilines is 1. The number of nitrogens with zero attached hydrogens (tertiary/aromatic N) is 3. The van der Waals surface area contributed by atoms with E-state index >= 15 is 0 Å². The van der Waals surface area contributed by atoms with Crippen molar-refractivity contribution in [3.63, 3.8) is 0 Å². The Bertz CT molecular complexity index is 723. The molecule has 0 aliphatic carbocycles. The van der Waals surface area contributed by atoms with E-state index in [1.807, 2.05) is 30.6 Å². The van der Waals surface area contributed by atoms with E-state index in [-0.39, 0.29) is 11.9 Å². The molecule has 0 amide bonds. The maximum Gasteiger partial charge on any atom is 0.141 e. The van der Waals surface area contributed by atoms with Gasteiger partial charge in [0.05, 0.1) is 11.4 Å². The molecule has 1 unspecified atom stereocenters. The highest BCUT2D eigenvalue weighted by molar-refractivity contribution is 7.16. The lowest BCUT2D eigenvalue weighted by atomic mass is 10.1. The van der Waals surface area contributed by atoms with Crippen LogP contribution in [0.3, 0.4) is 0 Å². The molecule has 0 bridgehead atoms. The molecule has 0 aliphatic rings. The molecule has 0 spiro atoms. The zero-order valence-electron chi connectivity index (χ0n) is 11.2. The monoisotopic (exact) mass is 287 g/mol. The third-order valence-corrected chi connectivity index (χ3v) is 4.33. The van der Waals surface area contributed by atoms with E-state index in [1.165, 1.54) is 12.1 Å². The maximum atomic E-state index is 13.0. The van der Waals surface area contributed by atoms with Crippen LogP contribution in [-0.2, 0) is 0 Å². The second-order valence-electron chi connectivity index (χ2n) is 4.68. The molecule has 20 heavy (non-hydrogen) atoms. The molecule has 3 nitrogen and oxygen atoms in total. The van der Waals surface area contributed by atoms with E-state index in [0.29, 0.717) is 0 Å². The molecule has 102 valence electrons. The van der Waals surface area contributed by atoms with E-state index < -0.39 is 0 Å². The summed E-state index contributed by atoms with van der Waals surface area (Å²) in [4.78, 5) is 11.7. The molecule has 3 rings (SSSR count). The highest BCUT2D eigenvalue weighted by Crippen LogP contribution is 2.31. The first-order chi connectivity index (χ1) is 9.66. The van der Waals surface area contributed by atoms with Gasteiger partial charge in [-0.25, -0.2) is 14.4 Å². The first-order valence-corrected chi connectivity index (χ1v) is 7.21. The van der Waals surface area contributed by atoms with E-state index in [9.17, 15) is 4.39 Å². The van der Waals surface area contributed by atoms with Crippen LogP contribution in [0.25, 0.3) is 10.2 Å². The van der Waals surface area contributed by atoms with Crippen LogP contribution in [0.15, 0.2) is 42.0 Å². The summed E-state index contributed by atoms with van der Waals surface area (Å²) < 4.78 is 13.0. The number of thiophene rings is 1. The molecule has 0 radical (unpaired) electrons. The van der Waals surface area contributed by atoms with E-state index in [4.69, 9.17) is 0 Å². The van der Waals surface area contributed by atoms with Gasteiger partial charge in [-0.05, 0) is 36.1 Å². The minimum Gasteiger partial charge on any atom is -0.352 e. The Balaban J connectivity index is 1.97. The molecule has 0 N–H and O–H groups in total. The van der Waals surface area contributed by atoms with Crippen molar-refractivity contribution in [2.45, 2.75) is 13.0 Å². The van der Waals surface area contributed by atoms with Crippen LogP contribution >= 0.6 is 11.3 Å². The van der Waals surface area contributed by atoms with Crippen molar-refractivity contribution in [3.05, 3.63) is 53.4 Å².